The lowest BCUT2D eigenvalue weighted by Gasteiger charge is -2.12. The maximum atomic E-state index is 13.0. The van der Waals surface area contributed by atoms with Crippen molar-refractivity contribution in [3.63, 3.8) is 0 Å². The molecule has 0 saturated heterocycles. The molecule has 3 aromatic rings. The van der Waals surface area contributed by atoms with E-state index in [0.29, 0.717) is 5.56 Å². The van der Waals surface area contributed by atoms with E-state index in [0.717, 1.165) is 12.1 Å². The van der Waals surface area contributed by atoms with E-state index in [4.69, 9.17) is 0 Å². The van der Waals surface area contributed by atoms with Gasteiger partial charge in [-0.25, -0.2) is 9.97 Å². The summed E-state index contributed by atoms with van der Waals surface area (Å²) in [4.78, 5) is 21.0. The van der Waals surface area contributed by atoms with Gasteiger partial charge in [0.1, 0.15) is 11.5 Å². The Morgan fingerprint density at radius 1 is 1.03 bits per heavy atom. The third-order valence-corrected chi connectivity index (χ3v) is 3.86. The smallest absolute Gasteiger partial charge is 0.347 e. The van der Waals surface area contributed by atoms with Crippen LogP contribution >= 0.6 is 0 Å². The van der Waals surface area contributed by atoms with Crippen molar-refractivity contribution in [1.82, 2.24) is 15.3 Å². The number of nitrogens with one attached hydrogen (secondary N) is 2. The Balaban J connectivity index is 1.99. The Kier molecular flexibility index (Phi) is 5.92. The average Bonchev–Trinajstić information content (AvgIpc) is 2.72. The van der Waals surface area contributed by atoms with Crippen molar-refractivity contribution < 1.29 is 18.0 Å². The van der Waals surface area contributed by atoms with Crippen molar-refractivity contribution in [3.05, 3.63) is 84.6 Å². The molecule has 3 rings (SSSR count). The van der Waals surface area contributed by atoms with E-state index in [1.165, 1.54) is 24.3 Å². The maximum absolute atomic E-state index is 13.0. The molecule has 0 aliphatic rings. The second kappa shape index (κ2) is 8.55. The molecule has 1 aromatic heterocycles. The van der Waals surface area contributed by atoms with Crippen LogP contribution in [0.25, 0.3) is 11.4 Å². The Morgan fingerprint density at radius 2 is 1.79 bits per heavy atom. The van der Waals surface area contributed by atoms with Gasteiger partial charge in [-0.2, -0.15) is 13.2 Å². The number of benzene rings is 2. The average molecular weight is 398 g/mol. The second-order valence-electron chi connectivity index (χ2n) is 6.03. The van der Waals surface area contributed by atoms with Crippen LogP contribution in [0.1, 0.15) is 16.1 Å². The van der Waals surface area contributed by atoms with E-state index < -0.39 is 17.6 Å². The predicted octanol–water partition coefficient (Wildman–Crippen LogP) is 4.82. The summed E-state index contributed by atoms with van der Waals surface area (Å²) in [5.74, 6) is 0.0184. The molecule has 2 N–H and O–H groups in total. The molecular weight excluding hydrogens is 381 g/mol. The van der Waals surface area contributed by atoms with Crippen LogP contribution in [-0.4, -0.2) is 22.4 Å². The maximum Gasteiger partial charge on any atom is 0.416 e. The van der Waals surface area contributed by atoms with Crippen molar-refractivity contribution >= 4 is 17.4 Å². The molecule has 0 spiro atoms. The van der Waals surface area contributed by atoms with Crippen LogP contribution in [0.5, 0.6) is 0 Å². The summed E-state index contributed by atoms with van der Waals surface area (Å²) < 4.78 is 38.9. The summed E-state index contributed by atoms with van der Waals surface area (Å²) in [6.45, 7) is 3.79. The molecule has 0 unspecified atom stereocenters. The van der Waals surface area contributed by atoms with Crippen LogP contribution in [0.2, 0.25) is 0 Å². The van der Waals surface area contributed by atoms with Gasteiger partial charge in [-0.15, -0.1) is 6.58 Å². The second-order valence-corrected chi connectivity index (χ2v) is 6.03. The highest BCUT2D eigenvalue weighted by molar-refractivity contribution is 5.93. The summed E-state index contributed by atoms with van der Waals surface area (Å²) in [5.41, 5.74) is 0.145. The van der Waals surface area contributed by atoms with Crippen LogP contribution < -0.4 is 10.6 Å². The summed E-state index contributed by atoms with van der Waals surface area (Å²) in [7, 11) is 0. The lowest BCUT2D eigenvalue weighted by molar-refractivity contribution is -0.137. The van der Waals surface area contributed by atoms with Gasteiger partial charge in [0.05, 0.1) is 5.56 Å². The molecule has 29 heavy (non-hydrogen) atoms. The first-order chi connectivity index (χ1) is 13.9. The molecule has 0 aliphatic carbocycles. The third kappa shape index (κ3) is 5.19. The van der Waals surface area contributed by atoms with E-state index in [9.17, 15) is 18.0 Å². The number of amides is 1. The molecule has 148 valence electrons. The Morgan fingerprint density at radius 3 is 2.48 bits per heavy atom. The number of anilines is 2. The fraction of sp³-hybridized carbons (Fsp3) is 0.0952. The van der Waals surface area contributed by atoms with Gasteiger partial charge in [0, 0.05) is 23.9 Å². The van der Waals surface area contributed by atoms with Crippen LogP contribution in [-0.2, 0) is 6.18 Å². The third-order valence-electron chi connectivity index (χ3n) is 3.86. The van der Waals surface area contributed by atoms with E-state index in [1.54, 1.807) is 24.3 Å². The molecule has 8 heteroatoms. The van der Waals surface area contributed by atoms with Crippen LogP contribution in [0, 0.1) is 0 Å². The Bertz CT molecular complexity index is 1020. The van der Waals surface area contributed by atoms with Gasteiger partial charge in [0.15, 0.2) is 5.82 Å². The van der Waals surface area contributed by atoms with E-state index in [2.05, 4.69) is 27.2 Å². The number of carbonyl (C=O) groups excluding carboxylic acids is 1. The van der Waals surface area contributed by atoms with Crippen molar-refractivity contribution in [3.8, 4) is 11.4 Å². The summed E-state index contributed by atoms with van der Waals surface area (Å²) in [6.07, 6.45) is -2.94. The normalized spacial score (nSPS) is 11.0. The standard InChI is InChI=1S/C21H17F3N4O/c1-2-11-25-20(29)17-13-18(28-19(27-17)14-7-4-3-5-8-14)26-16-10-6-9-15(12-16)21(22,23)24/h2-10,12-13H,1,11H2,(H,25,29)(H,26,27,28). The predicted molar refractivity (Wildman–Crippen MR) is 105 cm³/mol. The number of hydrogen-bond donors (Lipinski definition) is 2. The minimum atomic E-state index is -4.46. The monoisotopic (exact) mass is 398 g/mol. The molecule has 0 bridgehead atoms. The number of carbonyl (C=O) groups is 1. The molecule has 0 atom stereocenters. The fourth-order valence-corrected chi connectivity index (χ4v) is 2.52. The van der Waals surface area contributed by atoms with Gasteiger partial charge in [0.25, 0.3) is 5.91 Å². The molecule has 1 heterocycles. The van der Waals surface area contributed by atoms with Crippen molar-refractivity contribution in [1.29, 1.82) is 0 Å². The van der Waals surface area contributed by atoms with Gasteiger partial charge in [-0.05, 0) is 18.2 Å². The number of hydrogen-bond acceptors (Lipinski definition) is 4. The van der Waals surface area contributed by atoms with Crippen molar-refractivity contribution in [2.24, 2.45) is 0 Å². The molecule has 0 saturated carbocycles. The number of alkyl halides is 3. The molecule has 2 aromatic carbocycles. The Labute approximate surface area is 165 Å². The summed E-state index contributed by atoms with van der Waals surface area (Å²) in [6, 6.07) is 15.1. The van der Waals surface area contributed by atoms with Gasteiger partial charge in [-0.1, -0.05) is 42.5 Å². The van der Waals surface area contributed by atoms with Crippen LogP contribution in [0.4, 0.5) is 24.7 Å². The number of nitrogens with zero attached hydrogens (tertiary/aromatic N) is 2. The zero-order valence-corrected chi connectivity index (χ0v) is 15.2. The minimum absolute atomic E-state index is 0.0789. The Hall–Kier alpha value is -3.68. The summed E-state index contributed by atoms with van der Waals surface area (Å²) in [5, 5.41) is 5.45. The topological polar surface area (TPSA) is 66.9 Å². The first kappa shape index (κ1) is 20.1. The molecule has 1 amide bonds. The van der Waals surface area contributed by atoms with E-state index >= 15 is 0 Å². The minimum Gasteiger partial charge on any atom is -0.347 e. The van der Waals surface area contributed by atoms with E-state index in [-0.39, 0.29) is 29.6 Å². The van der Waals surface area contributed by atoms with Crippen molar-refractivity contribution in [2.75, 3.05) is 11.9 Å². The van der Waals surface area contributed by atoms with Gasteiger partial charge >= 0.3 is 6.18 Å². The molecular formula is C21H17F3N4O. The van der Waals surface area contributed by atoms with Gasteiger partial charge in [0.2, 0.25) is 0 Å². The first-order valence-corrected chi connectivity index (χ1v) is 8.64. The molecule has 5 nitrogen and oxygen atoms in total. The lowest BCUT2D eigenvalue weighted by atomic mass is 10.2. The molecule has 0 radical (unpaired) electrons. The first-order valence-electron chi connectivity index (χ1n) is 8.64. The SMILES string of the molecule is C=CCNC(=O)c1cc(Nc2cccc(C(F)(F)F)c2)nc(-c2ccccc2)n1. The van der Waals surface area contributed by atoms with Crippen LogP contribution in [0.3, 0.4) is 0 Å². The molecule has 0 aliphatic heterocycles. The number of halogens is 3. The highest BCUT2D eigenvalue weighted by Gasteiger charge is 2.30. The molecule has 0 fully saturated rings. The largest absolute Gasteiger partial charge is 0.416 e. The van der Waals surface area contributed by atoms with Crippen molar-refractivity contribution in [2.45, 2.75) is 6.18 Å². The summed E-state index contributed by atoms with van der Waals surface area (Å²) >= 11 is 0. The number of aromatic nitrogens is 2. The van der Waals surface area contributed by atoms with Crippen LogP contribution in [0.15, 0.2) is 73.3 Å². The highest BCUT2D eigenvalue weighted by Crippen LogP contribution is 2.31. The van der Waals surface area contributed by atoms with Gasteiger partial charge in [-0.3, -0.25) is 4.79 Å². The zero-order chi connectivity index (χ0) is 20.9. The van der Waals surface area contributed by atoms with E-state index in [1.807, 2.05) is 6.07 Å². The highest BCUT2D eigenvalue weighted by atomic mass is 19.4. The lowest BCUT2D eigenvalue weighted by Crippen LogP contribution is -2.24. The number of rotatable bonds is 6. The zero-order valence-electron chi connectivity index (χ0n) is 15.2. The fourth-order valence-electron chi connectivity index (χ4n) is 2.52. The van der Waals surface area contributed by atoms with Gasteiger partial charge < -0.3 is 10.6 Å². The quantitative estimate of drug-likeness (QED) is 0.584.